The number of oxazole rings is 1. The number of carbonyl (C=O) groups excluding carboxylic acids is 1. The predicted octanol–water partition coefficient (Wildman–Crippen LogP) is 4.31. The topological polar surface area (TPSA) is 124 Å². The molecular weight excluding hydrogens is 474 g/mol. The molecule has 0 aliphatic rings. The van der Waals surface area contributed by atoms with Gasteiger partial charge >= 0.3 is 11.9 Å². The normalized spacial score (nSPS) is 10.6. The fourth-order valence-electron chi connectivity index (χ4n) is 3.73. The van der Waals surface area contributed by atoms with Gasteiger partial charge in [-0.1, -0.05) is 30.3 Å². The number of amides is 1. The standard InChI is InChI=1S/C28H27N3O6/c1-35-28-24(31-27(37-28)20-7-3-2-4-8-20)14-16-36-22-12-10-19(11-13-25(32)33)21(17-22)18-30-26(34)23-9-5-6-15-29-23/h2-10,12,15,17H,11,13-14,16,18H2,1H3,(H,30,34)(H,32,33). The van der Waals surface area contributed by atoms with Crippen LogP contribution in [-0.4, -0.2) is 40.7 Å². The molecule has 4 rings (SSSR count). The minimum atomic E-state index is -0.889. The fourth-order valence-corrected chi connectivity index (χ4v) is 3.73. The maximum atomic E-state index is 12.4. The van der Waals surface area contributed by atoms with Crippen LogP contribution < -0.4 is 14.8 Å². The van der Waals surface area contributed by atoms with E-state index in [1.807, 2.05) is 42.5 Å². The smallest absolute Gasteiger partial charge is 0.308 e. The second-order valence-corrected chi connectivity index (χ2v) is 8.14. The predicted molar refractivity (Wildman–Crippen MR) is 135 cm³/mol. The van der Waals surface area contributed by atoms with Crippen molar-refractivity contribution in [2.75, 3.05) is 13.7 Å². The molecule has 2 aromatic carbocycles. The number of nitrogens with one attached hydrogen (secondary N) is 1. The number of aliphatic carboxylic acids is 1. The van der Waals surface area contributed by atoms with E-state index in [9.17, 15) is 9.59 Å². The van der Waals surface area contributed by atoms with Gasteiger partial charge in [-0.2, -0.15) is 0 Å². The minimum Gasteiger partial charge on any atom is -0.493 e. The number of carboxylic acids is 1. The zero-order valence-corrected chi connectivity index (χ0v) is 20.3. The van der Waals surface area contributed by atoms with Crippen molar-refractivity contribution in [3.05, 3.63) is 95.4 Å². The molecule has 4 aromatic rings. The van der Waals surface area contributed by atoms with Crippen molar-refractivity contribution in [1.82, 2.24) is 15.3 Å². The van der Waals surface area contributed by atoms with Gasteiger partial charge in [-0.05, 0) is 53.9 Å². The summed E-state index contributed by atoms with van der Waals surface area (Å²) in [6.45, 7) is 0.518. The fraction of sp³-hybridized carbons (Fsp3) is 0.214. The van der Waals surface area contributed by atoms with Gasteiger partial charge < -0.3 is 24.3 Å². The van der Waals surface area contributed by atoms with Crippen molar-refractivity contribution in [2.45, 2.75) is 25.8 Å². The number of rotatable bonds is 12. The van der Waals surface area contributed by atoms with E-state index in [0.717, 1.165) is 16.7 Å². The first-order valence-electron chi connectivity index (χ1n) is 11.8. The number of benzene rings is 2. The third-order valence-electron chi connectivity index (χ3n) is 5.60. The first kappa shape index (κ1) is 25.4. The van der Waals surface area contributed by atoms with Gasteiger partial charge in [-0.25, -0.2) is 4.98 Å². The van der Waals surface area contributed by atoms with E-state index in [4.69, 9.17) is 19.0 Å². The Bertz CT molecular complexity index is 1340. The van der Waals surface area contributed by atoms with Crippen LogP contribution in [0.1, 0.15) is 33.7 Å². The van der Waals surface area contributed by atoms with E-state index in [-0.39, 0.29) is 18.9 Å². The van der Waals surface area contributed by atoms with Gasteiger partial charge in [0, 0.05) is 31.1 Å². The molecule has 1 amide bonds. The van der Waals surface area contributed by atoms with Crippen LogP contribution in [0, 0.1) is 0 Å². The van der Waals surface area contributed by atoms with E-state index in [2.05, 4.69) is 15.3 Å². The molecule has 9 heteroatoms. The molecule has 0 unspecified atom stereocenters. The molecule has 0 bridgehead atoms. The van der Waals surface area contributed by atoms with E-state index in [0.29, 0.717) is 48.4 Å². The number of carboxylic acid groups (broad SMARTS) is 1. The van der Waals surface area contributed by atoms with E-state index in [1.54, 1.807) is 30.5 Å². The first-order chi connectivity index (χ1) is 18.0. The average Bonchev–Trinajstić information content (AvgIpc) is 3.35. The Balaban J connectivity index is 1.43. The van der Waals surface area contributed by atoms with Crippen LogP contribution in [0.4, 0.5) is 0 Å². The molecule has 190 valence electrons. The lowest BCUT2D eigenvalue weighted by Gasteiger charge is -2.13. The van der Waals surface area contributed by atoms with Crippen molar-refractivity contribution in [3.63, 3.8) is 0 Å². The van der Waals surface area contributed by atoms with Gasteiger partial charge in [0.05, 0.1) is 13.7 Å². The number of hydrogen-bond donors (Lipinski definition) is 2. The van der Waals surface area contributed by atoms with Gasteiger partial charge in [0.1, 0.15) is 17.1 Å². The highest BCUT2D eigenvalue weighted by Gasteiger charge is 2.16. The summed E-state index contributed by atoms with van der Waals surface area (Å²) < 4.78 is 17.0. The summed E-state index contributed by atoms with van der Waals surface area (Å²) >= 11 is 0. The van der Waals surface area contributed by atoms with Crippen molar-refractivity contribution < 1.29 is 28.6 Å². The SMILES string of the molecule is COc1oc(-c2ccccc2)nc1CCOc1ccc(CCC(=O)O)c(CNC(=O)c2ccccn2)c1. The van der Waals surface area contributed by atoms with Crippen LogP contribution >= 0.6 is 0 Å². The number of ether oxygens (including phenoxy) is 2. The Kier molecular flexibility index (Phi) is 8.49. The van der Waals surface area contributed by atoms with E-state index in [1.165, 1.54) is 7.11 Å². The molecule has 9 nitrogen and oxygen atoms in total. The van der Waals surface area contributed by atoms with Crippen LogP contribution in [0.2, 0.25) is 0 Å². The van der Waals surface area contributed by atoms with Crippen molar-refractivity contribution in [2.24, 2.45) is 0 Å². The van der Waals surface area contributed by atoms with Gasteiger partial charge in [-0.15, -0.1) is 0 Å². The van der Waals surface area contributed by atoms with Gasteiger partial charge in [0.25, 0.3) is 5.91 Å². The van der Waals surface area contributed by atoms with Crippen molar-refractivity contribution >= 4 is 11.9 Å². The molecule has 0 saturated heterocycles. The molecule has 37 heavy (non-hydrogen) atoms. The third kappa shape index (κ3) is 6.94. The zero-order valence-electron chi connectivity index (χ0n) is 20.3. The summed E-state index contributed by atoms with van der Waals surface area (Å²) in [5.41, 5.74) is 3.39. The number of methoxy groups -OCH3 is 1. The number of aromatic nitrogens is 2. The molecule has 0 aliphatic carbocycles. The van der Waals surface area contributed by atoms with Gasteiger partial charge in [0.2, 0.25) is 5.89 Å². The number of aryl methyl sites for hydroxylation is 1. The highest BCUT2D eigenvalue weighted by molar-refractivity contribution is 5.92. The molecule has 2 N–H and O–H groups in total. The highest BCUT2D eigenvalue weighted by atomic mass is 16.6. The van der Waals surface area contributed by atoms with Crippen LogP contribution in [-0.2, 0) is 24.2 Å². The Morgan fingerprint density at radius 2 is 1.81 bits per heavy atom. The molecule has 0 spiro atoms. The molecule has 2 aromatic heterocycles. The summed E-state index contributed by atoms with van der Waals surface area (Å²) in [6.07, 6.45) is 2.32. The molecular formula is C28H27N3O6. The summed E-state index contributed by atoms with van der Waals surface area (Å²) in [5.74, 6) is 0.196. The number of hydrogen-bond acceptors (Lipinski definition) is 7. The van der Waals surface area contributed by atoms with Crippen LogP contribution in [0.3, 0.4) is 0 Å². The number of nitrogens with zero attached hydrogens (tertiary/aromatic N) is 2. The van der Waals surface area contributed by atoms with Crippen LogP contribution in [0.5, 0.6) is 11.7 Å². The maximum Gasteiger partial charge on any atom is 0.308 e. The second kappa shape index (κ2) is 12.3. The number of carbonyl (C=O) groups is 2. The molecule has 2 heterocycles. The molecule has 0 radical (unpaired) electrons. The Hall–Kier alpha value is -4.66. The summed E-state index contributed by atoms with van der Waals surface area (Å²) in [5, 5.41) is 11.9. The zero-order chi connectivity index (χ0) is 26.0. The maximum absolute atomic E-state index is 12.4. The third-order valence-corrected chi connectivity index (χ3v) is 5.60. The molecule has 0 atom stereocenters. The quantitative estimate of drug-likeness (QED) is 0.294. The van der Waals surface area contributed by atoms with E-state index >= 15 is 0 Å². The molecule has 0 saturated carbocycles. The lowest BCUT2D eigenvalue weighted by molar-refractivity contribution is -0.136. The largest absolute Gasteiger partial charge is 0.493 e. The lowest BCUT2D eigenvalue weighted by atomic mass is 10.0. The van der Waals surface area contributed by atoms with Crippen molar-refractivity contribution in [1.29, 1.82) is 0 Å². The Morgan fingerprint density at radius 1 is 1.00 bits per heavy atom. The molecule has 0 aliphatic heterocycles. The Morgan fingerprint density at radius 3 is 2.54 bits per heavy atom. The lowest BCUT2D eigenvalue weighted by Crippen LogP contribution is -2.24. The minimum absolute atomic E-state index is 0.0168. The average molecular weight is 502 g/mol. The van der Waals surface area contributed by atoms with Crippen molar-refractivity contribution in [3.8, 4) is 23.1 Å². The summed E-state index contributed by atoms with van der Waals surface area (Å²) in [7, 11) is 1.53. The van der Waals surface area contributed by atoms with E-state index < -0.39 is 5.97 Å². The second-order valence-electron chi connectivity index (χ2n) is 8.14. The van der Waals surface area contributed by atoms with Crippen LogP contribution in [0.25, 0.3) is 11.5 Å². The monoisotopic (exact) mass is 501 g/mol. The molecule has 0 fully saturated rings. The highest BCUT2D eigenvalue weighted by Crippen LogP contribution is 2.28. The first-order valence-corrected chi connectivity index (χ1v) is 11.8. The summed E-state index contributed by atoms with van der Waals surface area (Å²) in [4.78, 5) is 32.2. The summed E-state index contributed by atoms with van der Waals surface area (Å²) in [6, 6.07) is 20.1. The van der Waals surface area contributed by atoms with Gasteiger partial charge in [0.15, 0.2) is 0 Å². The number of pyridine rings is 1. The van der Waals surface area contributed by atoms with Crippen LogP contribution in [0.15, 0.2) is 77.3 Å². The Labute approximate surface area is 214 Å². The van der Waals surface area contributed by atoms with Gasteiger partial charge in [-0.3, -0.25) is 14.6 Å².